The molecule has 13 heteroatoms. The molecule has 2 atom stereocenters. The van der Waals surface area contributed by atoms with Crippen LogP contribution in [0.15, 0.2) is 36.9 Å². The molecule has 1 aliphatic heterocycles. The fourth-order valence-electron chi connectivity index (χ4n) is 3.95. The molecule has 0 bridgehead atoms. The molecule has 0 spiro atoms. The minimum absolute atomic E-state index is 0.102. The third kappa shape index (κ3) is 6.32. The van der Waals surface area contributed by atoms with Gasteiger partial charge in [0.1, 0.15) is 5.71 Å². The Labute approximate surface area is 204 Å². The van der Waals surface area contributed by atoms with E-state index in [1.54, 1.807) is 32.3 Å². The fraction of sp³-hybridized carbons (Fsp3) is 0.435. The summed E-state index contributed by atoms with van der Waals surface area (Å²) in [7, 11) is 1.57. The second-order valence-corrected chi connectivity index (χ2v) is 8.65. The molecule has 0 aliphatic carbocycles. The van der Waals surface area contributed by atoms with Crippen molar-refractivity contribution in [1.82, 2.24) is 25.2 Å². The molecule has 1 saturated heterocycles. The van der Waals surface area contributed by atoms with Gasteiger partial charge < -0.3 is 15.5 Å². The Balaban J connectivity index is 1.84. The summed E-state index contributed by atoms with van der Waals surface area (Å²) in [6, 6.07) is 2.57. The van der Waals surface area contributed by atoms with Gasteiger partial charge in [0.15, 0.2) is 0 Å². The van der Waals surface area contributed by atoms with Crippen molar-refractivity contribution in [3.05, 3.63) is 53.7 Å². The number of likely N-dealkylation sites (tertiary alicyclic amines) is 1. The van der Waals surface area contributed by atoms with Crippen LogP contribution in [0.4, 0.5) is 27.9 Å². The molecule has 2 aromatic rings. The third-order valence-corrected chi connectivity index (χ3v) is 5.75. The Morgan fingerprint density at radius 2 is 1.89 bits per heavy atom. The summed E-state index contributed by atoms with van der Waals surface area (Å²) in [5.74, 6) is -4.94. The van der Waals surface area contributed by atoms with Crippen molar-refractivity contribution >= 4 is 23.1 Å². The van der Waals surface area contributed by atoms with Crippen LogP contribution in [0.1, 0.15) is 30.2 Å². The van der Waals surface area contributed by atoms with Crippen molar-refractivity contribution in [3.63, 3.8) is 0 Å². The number of nitrogens with zero attached hydrogens (tertiary/aromatic N) is 4. The molecule has 3 N–H and O–H groups in total. The second-order valence-electron chi connectivity index (χ2n) is 8.65. The summed E-state index contributed by atoms with van der Waals surface area (Å²) in [5, 5.41) is 14.0. The predicted molar refractivity (Wildman–Crippen MR) is 123 cm³/mol. The third-order valence-electron chi connectivity index (χ3n) is 5.75. The van der Waals surface area contributed by atoms with Gasteiger partial charge in [-0.3, -0.25) is 15.2 Å². The van der Waals surface area contributed by atoms with E-state index in [-0.39, 0.29) is 18.1 Å². The Morgan fingerprint density at radius 1 is 1.22 bits per heavy atom. The molecule has 0 saturated carbocycles. The van der Waals surface area contributed by atoms with E-state index in [2.05, 4.69) is 25.6 Å². The Bertz CT molecular complexity index is 1120. The number of nitrogens with one attached hydrogen (secondary N) is 3. The largest absolute Gasteiger partial charge is 0.419 e. The first kappa shape index (κ1) is 27.0. The minimum atomic E-state index is -4.60. The van der Waals surface area contributed by atoms with Crippen LogP contribution in [0.25, 0.3) is 5.57 Å². The zero-order valence-electron chi connectivity index (χ0n) is 19.8. The van der Waals surface area contributed by atoms with Gasteiger partial charge in [-0.15, -0.1) is 0 Å². The van der Waals surface area contributed by atoms with E-state index in [0.29, 0.717) is 18.1 Å². The summed E-state index contributed by atoms with van der Waals surface area (Å²) in [6.07, 6.45) is -0.928. The lowest BCUT2D eigenvalue weighted by molar-refractivity contribution is -0.145. The van der Waals surface area contributed by atoms with Crippen molar-refractivity contribution in [2.75, 3.05) is 25.5 Å². The molecule has 8 nitrogen and oxygen atoms in total. The maximum atomic E-state index is 14.5. The highest BCUT2D eigenvalue weighted by Crippen LogP contribution is 2.35. The molecular weight excluding hydrogens is 485 g/mol. The van der Waals surface area contributed by atoms with Crippen molar-refractivity contribution in [2.45, 2.75) is 38.4 Å². The number of amides is 1. The van der Waals surface area contributed by atoms with Crippen LogP contribution in [0.5, 0.6) is 0 Å². The molecule has 2 unspecified atom stereocenters. The number of hydrogen-bond donors (Lipinski definition) is 3. The molecule has 1 amide bonds. The normalized spacial score (nSPS) is 20.1. The van der Waals surface area contributed by atoms with E-state index in [4.69, 9.17) is 5.41 Å². The number of halogens is 5. The van der Waals surface area contributed by atoms with Gasteiger partial charge >= 0.3 is 6.18 Å². The molecule has 1 fully saturated rings. The smallest absolute Gasteiger partial charge is 0.393 e. The van der Waals surface area contributed by atoms with Crippen molar-refractivity contribution < 1.29 is 26.7 Å². The summed E-state index contributed by atoms with van der Waals surface area (Å²) in [5.41, 5.74) is -0.250. The molecular formula is C23H26F5N7O. The van der Waals surface area contributed by atoms with Crippen molar-refractivity contribution in [2.24, 2.45) is 5.92 Å². The predicted octanol–water partition coefficient (Wildman–Crippen LogP) is 3.76. The van der Waals surface area contributed by atoms with E-state index in [1.165, 1.54) is 6.20 Å². The summed E-state index contributed by atoms with van der Waals surface area (Å²) < 4.78 is 67.2. The van der Waals surface area contributed by atoms with Gasteiger partial charge in [0.25, 0.3) is 11.8 Å². The quantitative estimate of drug-likeness (QED) is 0.386. The van der Waals surface area contributed by atoms with Gasteiger partial charge in [0, 0.05) is 50.4 Å². The number of aryl methyl sites for hydroxylation is 1. The van der Waals surface area contributed by atoms with Gasteiger partial charge in [-0.05, 0) is 24.5 Å². The van der Waals surface area contributed by atoms with Gasteiger partial charge in [-0.1, -0.05) is 13.0 Å². The Morgan fingerprint density at radius 3 is 2.44 bits per heavy atom. The topological polar surface area (TPSA) is 107 Å². The van der Waals surface area contributed by atoms with E-state index in [0.717, 1.165) is 10.5 Å². The highest BCUT2D eigenvalue weighted by atomic mass is 19.4. The highest BCUT2D eigenvalue weighted by molar-refractivity contribution is 6.54. The lowest BCUT2D eigenvalue weighted by atomic mass is 9.87. The zero-order chi connectivity index (χ0) is 26.7. The summed E-state index contributed by atoms with van der Waals surface area (Å²) in [4.78, 5) is 25.8. The number of hydrogen-bond acceptors (Lipinski definition) is 7. The second kappa shape index (κ2) is 10.5. The standard InChI is InChI=1S/C23H26F5N7O/c1-13-4-5-17(31-7-13)16(10-30-3)19(29)20(36)35-12-22(24,25)6-14(2)18(35)11-34-21-32-8-15(9-33-21)23(26,27)28/h4-5,7-10,14,18,29-30H,6,11-12H2,1-3H3,(H,32,33,34)/b16-10-,29-19?. The first-order valence-electron chi connectivity index (χ1n) is 11.0. The number of carbonyl (C=O) groups is 1. The summed E-state index contributed by atoms with van der Waals surface area (Å²) in [6.45, 7) is 2.36. The van der Waals surface area contributed by atoms with Crippen molar-refractivity contribution in [3.8, 4) is 0 Å². The van der Waals surface area contributed by atoms with Crippen LogP contribution in [0.2, 0.25) is 0 Å². The van der Waals surface area contributed by atoms with Crippen LogP contribution < -0.4 is 10.6 Å². The number of carbonyl (C=O) groups excluding carboxylic acids is 1. The van der Waals surface area contributed by atoms with E-state index < -0.39 is 54.2 Å². The first-order chi connectivity index (χ1) is 16.8. The average molecular weight is 511 g/mol. The molecule has 36 heavy (non-hydrogen) atoms. The molecule has 2 aromatic heterocycles. The molecule has 0 aromatic carbocycles. The maximum absolute atomic E-state index is 14.5. The van der Waals surface area contributed by atoms with Gasteiger partial charge in [-0.25, -0.2) is 18.7 Å². The molecule has 1 aliphatic rings. The van der Waals surface area contributed by atoms with Crippen LogP contribution in [0.3, 0.4) is 0 Å². The number of alkyl halides is 5. The number of rotatable bonds is 7. The number of piperidine rings is 1. The lowest BCUT2D eigenvalue weighted by Crippen LogP contribution is -2.59. The molecule has 3 rings (SSSR count). The number of aromatic nitrogens is 3. The number of anilines is 1. The molecule has 194 valence electrons. The number of pyridine rings is 1. The van der Waals surface area contributed by atoms with Crippen LogP contribution in [0, 0.1) is 18.3 Å². The minimum Gasteiger partial charge on any atom is -0.393 e. The highest BCUT2D eigenvalue weighted by Gasteiger charge is 2.47. The van der Waals surface area contributed by atoms with E-state index >= 15 is 0 Å². The van der Waals surface area contributed by atoms with Gasteiger partial charge in [-0.2, -0.15) is 13.2 Å². The Kier molecular flexibility index (Phi) is 7.89. The lowest BCUT2D eigenvalue weighted by Gasteiger charge is -2.43. The van der Waals surface area contributed by atoms with Crippen LogP contribution in [-0.2, 0) is 11.0 Å². The van der Waals surface area contributed by atoms with E-state index in [9.17, 15) is 26.7 Å². The van der Waals surface area contributed by atoms with E-state index in [1.807, 2.05) is 6.92 Å². The van der Waals surface area contributed by atoms with Gasteiger partial charge in [0.05, 0.1) is 23.8 Å². The SMILES string of the molecule is CN/C=C(\C(=N)C(=O)N1CC(F)(F)CC(C)C1CNc1ncc(C(F)(F)F)cn1)c1ccc(C)cn1. The summed E-state index contributed by atoms with van der Waals surface area (Å²) >= 11 is 0. The Hall–Kier alpha value is -3.64. The molecule has 0 radical (unpaired) electrons. The monoisotopic (exact) mass is 511 g/mol. The molecule has 3 heterocycles. The zero-order valence-corrected chi connectivity index (χ0v) is 19.8. The maximum Gasteiger partial charge on any atom is 0.419 e. The van der Waals surface area contributed by atoms with Crippen molar-refractivity contribution in [1.29, 1.82) is 5.41 Å². The van der Waals surface area contributed by atoms with Gasteiger partial charge in [0.2, 0.25) is 5.95 Å². The van der Waals surface area contributed by atoms with Crippen LogP contribution >= 0.6 is 0 Å². The van der Waals surface area contributed by atoms with Crippen LogP contribution in [-0.4, -0.2) is 63.6 Å². The fourth-order valence-corrected chi connectivity index (χ4v) is 3.95. The first-order valence-corrected chi connectivity index (χ1v) is 11.0. The average Bonchev–Trinajstić information content (AvgIpc) is 2.80.